The van der Waals surface area contributed by atoms with Gasteiger partial charge < -0.3 is 11.1 Å². The number of aromatic nitrogens is 4. The van der Waals surface area contributed by atoms with E-state index < -0.39 is 15.8 Å². The molecule has 0 bridgehead atoms. The lowest BCUT2D eigenvalue weighted by molar-refractivity contribution is 0.580. The van der Waals surface area contributed by atoms with Gasteiger partial charge in [0, 0.05) is 0 Å². The van der Waals surface area contributed by atoms with Gasteiger partial charge in [-0.2, -0.15) is 15.1 Å². The summed E-state index contributed by atoms with van der Waals surface area (Å²) >= 11 is 6.09. The molecule has 0 saturated heterocycles. The van der Waals surface area contributed by atoms with Gasteiger partial charge in [-0.15, -0.1) is 0 Å². The Hall–Kier alpha value is -3.44. The fraction of sp³-hybridized carbons (Fsp3) is 0.150. The molecule has 1 aliphatic heterocycles. The van der Waals surface area contributed by atoms with Crippen LogP contribution in [0.25, 0.3) is 11.0 Å². The van der Waals surface area contributed by atoms with Crippen molar-refractivity contribution >= 4 is 50.1 Å². The average Bonchev–Trinajstić information content (AvgIpc) is 3.21. The third-order valence-electron chi connectivity index (χ3n) is 5.24. The number of nitrogens with zero attached hydrogens (tertiary/aromatic N) is 4. The number of sulfonamides is 1. The number of nitrogens with one attached hydrogen (secondary N) is 2. The quantitative estimate of drug-likeness (QED) is 0.415. The van der Waals surface area contributed by atoms with Crippen LogP contribution in [-0.4, -0.2) is 41.2 Å². The van der Waals surface area contributed by atoms with E-state index in [1.165, 1.54) is 10.4 Å². The number of nitrogens with two attached hydrogens (primary N) is 1. The molecule has 12 heteroatoms. The number of H-pyrrole nitrogens is 1. The van der Waals surface area contributed by atoms with E-state index in [-0.39, 0.29) is 28.5 Å². The third-order valence-corrected chi connectivity index (χ3v) is 7.51. The highest BCUT2D eigenvalue weighted by Crippen LogP contribution is 2.35. The van der Waals surface area contributed by atoms with E-state index in [2.05, 4.69) is 25.5 Å². The highest BCUT2D eigenvalue weighted by atomic mass is 35.5. The predicted octanol–water partition coefficient (Wildman–Crippen LogP) is 2.96. The van der Waals surface area contributed by atoms with Crippen LogP contribution in [0.3, 0.4) is 0 Å². The van der Waals surface area contributed by atoms with Crippen LogP contribution in [0.15, 0.2) is 53.6 Å². The molecule has 9 nitrogen and oxygen atoms in total. The molecule has 2 aromatic heterocycles. The number of aromatic amines is 1. The molecule has 5 rings (SSSR count). The lowest BCUT2D eigenvalue weighted by Crippen LogP contribution is -2.45. The Morgan fingerprint density at radius 3 is 2.84 bits per heavy atom. The molecule has 3 heterocycles. The SMILES string of the molecule is Nc1nc(NC2Cc3ccccc3N(S(=O)(=O)c3ccc(F)cc3Cl)C2)c2cn[nH]c2n1. The smallest absolute Gasteiger partial charge is 0.265 e. The Labute approximate surface area is 187 Å². The Morgan fingerprint density at radius 2 is 2.03 bits per heavy atom. The summed E-state index contributed by atoms with van der Waals surface area (Å²) in [7, 11) is -4.07. The zero-order chi connectivity index (χ0) is 22.5. The molecular formula is C20H17ClFN7O2S. The van der Waals surface area contributed by atoms with Gasteiger partial charge in [0.2, 0.25) is 5.95 Å². The molecule has 0 radical (unpaired) electrons. The second-order valence-corrected chi connectivity index (χ2v) is 9.59. The first-order valence-corrected chi connectivity index (χ1v) is 11.4. The summed E-state index contributed by atoms with van der Waals surface area (Å²) < 4.78 is 41.9. The number of benzene rings is 2. The molecule has 0 fully saturated rings. The van der Waals surface area contributed by atoms with Crippen molar-refractivity contribution in [2.45, 2.75) is 17.4 Å². The van der Waals surface area contributed by atoms with Crippen molar-refractivity contribution in [1.82, 2.24) is 20.2 Å². The zero-order valence-electron chi connectivity index (χ0n) is 16.5. The molecule has 0 spiro atoms. The van der Waals surface area contributed by atoms with E-state index in [1.807, 2.05) is 12.1 Å². The summed E-state index contributed by atoms with van der Waals surface area (Å²) in [4.78, 5) is 8.18. The lowest BCUT2D eigenvalue weighted by Gasteiger charge is -2.36. The minimum absolute atomic E-state index is 0.0584. The number of hydrogen-bond acceptors (Lipinski definition) is 7. The average molecular weight is 474 g/mol. The molecule has 32 heavy (non-hydrogen) atoms. The number of halogens is 2. The van der Waals surface area contributed by atoms with E-state index in [9.17, 15) is 12.8 Å². The minimum Gasteiger partial charge on any atom is -0.368 e. The topological polar surface area (TPSA) is 130 Å². The largest absolute Gasteiger partial charge is 0.368 e. The maximum Gasteiger partial charge on any atom is 0.265 e. The van der Waals surface area contributed by atoms with Crippen molar-refractivity contribution in [3.63, 3.8) is 0 Å². The van der Waals surface area contributed by atoms with Crippen LogP contribution in [0.4, 0.5) is 21.8 Å². The van der Waals surface area contributed by atoms with E-state index in [4.69, 9.17) is 17.3 Å². The number of para-hydroxylation sites is 1. The summed E-state index contributed by atoms with van der Waals surface area (Å²) in [5.74, 6) is -0.108. The van der Waals surface area contributed by atoms with Crippen LogP contribution < -0.4 is 15.4 Å². The summed E-state index contributed by atoms with van der Waals surface area (Å²) in [6.07, 6.45) is 2.11. The van der Waals surface area contributed by atoms with Crippen LogP contribution in [0.5, 0.6) is 0 Å². The standard InChI is InChI=1S/C20H17ClFN7O2S/c21-15-8-12(22)5-6-17(15)32(30,31)29-10-13(7-11-3-1-2-4-16(11)29)25-18-14-9-24-28-19(14)27-20(23)26-18/h1-6,8-9,13H,7,10H2,(H4,23,24,25,26,27,28). The van der Waals surface area contributed by atoms with Crippen LogP contribution in [-0.2, 0) is 16.4 Å². The van der Waals surface area contributed by atoms with Gasteiger partial charge in [-0.05, 0) is 36.2 Å². The molecule has 0 aliphatic carbocycles. The molecule has 4 N–H and O–H groups in total. The van der Waals surface area contributed by atoms with Gasteiger partial charge >= 0.3 is 0 Å². The summed E-state index contributed by atoms with van der Waals surface area (Å²) in [6.45, 7) is 0.0936. The maximum atomic E-state index is 13.5. The molecule has 0 amide bonds. The van der Waals surface area contributed by atoms with Gasteiger partial charge in [0.25, 0.3) is 10.0 Å². The summed E-state index contributed by atoms with van der Waals surface area (Å²) in [5.41, 5.74) is 7.64. The normalized spacial score (nSPS) is 16.2. The van der Waals surface area contributed by atoms with Gasteiger partial charge in [0.1, 0.15) is 16.5 Å². The van der Waals surface area contributed by atoms with Crippen LogP contribution >= 0.6 is 11.6 Å². The number of anilines is 3. The molecule has 4 aromatic rings. The third kappa shape index (κ3) is 3.49. The number of hydrogen-bond donors (Lipinski definition) is 3. The highest BCUT2D eigenvalue weighted by Gasteiger charge is 2.35. The fourth-order valence-electron chi connectivity index (χ4n) is 3.84. The second kappa shape index (κ2) is 7.61. The molecule has 1 aliphatic rings. The van der Waals surface area contributed by atoms with Crippen LogP contribution in [0.1, 0.15) is 5.56 Å². The molecule has 1 atom stereocenters. The number of nitrogen functional groups attached to an aromatic ring is 1. The van der Waals surface area contributed by atoms with Crippen LogP contribution in [0, 0.1) is 5.82 Å². The van der Waals surface area contributed by atoms with Crippen LogP contribution in [0.2, 0.25) is 5.02 Å². The van der Waals surface area contributed by atoms with E-state index in [1.54, 1.807) is 18.3 Å². The predicted molar refractivity (Wildman–Crippen MR) is 120 cm³/mol. The molecule has 164 valence electrons. The van der Waals surface area contributed by atoms with Gasteiger partial charge in [-0.3, -0.25) is 9.40 Å². The van der Waals surface area contributed by atoms with E-state index >= 15 is 0 Å². The van der Waals surface area contributed by atoms with Crippen molar-refractivity contribution in [3.05, 3.63) is 65.1 Å². The Morgan fingerprint density at radius 1 is 1.22 bits per heavy atom. The first-order chi connectivity index (χ1) is 15.3. The van der Waals surface area contributed by atoms with Gasteiger partial charge in [0.05, 0.1) is 34.9 Å². The Bertz CT molecular complexity index is 1440. The molecule has 1 unspecified atom stereocenters. The first-order valence-electron chi connectivity index (χ1n) is 9.62. The van der Waals surface area contributed by atoms with Crippen molar-refractivity contribution in [3.8, 4) is 0 Å². The van der Waals surface area contributed by atoms with E-state index in [0.29, 0.717) is 29.0 Å². The second-order valence-electron chi connectivity index (χ2n) is 7.35. The number of rotatable bonds is 4. The maximum absolute atomic E-state index is 13.5. The number of fused-ring (bicyclic) bond motifs is 2. The van der Waals surface area contributed by atoms with Gasteiger partial charge in [-0.1, -0.05) is 29.8 Å². The summed E-state index contributed by atoms with van der Waals surface area (Å²) in [6, 6.07) is 10.1. The fourth-order valence-corrected chi connectivity index (χ4v) is 5.89. The zero-order valence-corrected chi connectivity index (χ0v) is 18.0. The van der Waals surface area contributed by atoms with E-state index in [0.717, 1.165) is 17.7 Å². The minimum atomic E-state index is -4.07. The molecule has 2 aromatic carbocycles. The lowest BCUT2D eigenvalue weighted by atomic mass is 9.99. The Kier molecular flexibility index (Phi) is 4.86. The van der Waals surface area contributed by atoms with Crippen molar-refractivity contribution < 1.29 is 12.8 Å². The molecule has 0 saturated carbocycles. The van der Waals surface area contributed by atoms with Crippen molar-refractivity contribution in [2.24, 2.45) is 0 Å². The first kappa shape index (κ1) is 20.5. The van der Waals surface area contributed by atoms with Crippen molar-refractivity contribution in [1.29, 1.82) is 0 Å². The Balaban J connectivity index is 1.55. The van der Waals surface area contributed by atoms with Crippen molar-refractivity contribution in [2.75, 3.05) is 21.9 Å². The highest BCUT2D eigenvalue weighted by molar-refractivity contribution is 7.93. The summed E-state index contributed by atoms with van der Waals surface area (Å²) in [5, 5.41) is 10.4. The monoisotopic (exact) mass is 473 g/mol. The van der Waals surface area contributed by atoms with Gasteiger partial charge in [-0.25, -0.2) is 12.8 Å². The van der Waals surface area contributed by atoms with Gasteiger partial charge in [0.15, 0.2) is 5.65 Å². The molecular weight excluding hydrogens is 457 g/mol.